The molecule has 0 aromatic rings. The summed E-state index contributed by atoms with van der Waals surface area (Å²) >= 11 is 0. The molecule has 72 valence electrons. The number of piperazine rings is 1. The summed E-state index contributed by atoms with van der Waals surface area (Å²) in [6, 6.07) is 0.554. The molecule has 1 rings (SSSR count). The molecule has 0 spiro atoms. The lowest BCUT2D eigenvalue weighted by Crippen LogP contribution is -2.63. The van der Waals surface area contributed by atoms with Crippen LogP contribution in [0.4, 0.5) is 0 Å². The van der Waals surface area contributed by atoms with Gasteiger partial charge in [-0.1, -0.05) is 0 Å². The fourth-order valence-electron chi connectivity index (χ4n) is 1.78. The van der Waals surface area contributed by atoms with Crippen molar-refractivity contribution in [1.29, 1.82) is 0 Å². The van der Waals surface area contributed by atoms with E-state index in [9.17, 15) is 0 Å². The Balaban J connectivity index is 2.59. The van der Waals surface area contributed by atoms with E-state index in [0.29, 0.717) is 6.04 Å². The highest BCUT2D eigenvalue weighted by Crippen LogP contribution is 2.20. The summed E-state index contributed by atoms with van der Waals surface area (Å²) in [6.45, 7) is 10.8. The van der Waals surface area contributed by atoms with Crippen molar-refractivity contribution in [2.75, 3.05) is 26.2 Å². The Kier molecular flexibility index (Phi) is 3.09. The van der Waals surface area contributed by atoms with Gasteiger partial charge in [0.2, 0.25) is 0 Å². The average molecular weight is 171 g/mol. The van der Waals surface area contributed by atoms with Crippen LogP contribution < -0.4 is 11.1 Å². The average Bonchev–Trinajstić information content (AvgIpc) is 2.00. The van der Waals surface area contributed by atoms with Crippen LogP contribution in [0, 0.1) is 0 Å². The van der Waals surface area contributed by atoms with Gasteiger partial charge < -0.3 is 11.1 Å². The maximum atomic E-state index is 5.56. The second-order valence-corrected chi connectivity index (χ2v) is 4.11. The molecule has 0 aliphatic carbocycles. The smallest absolute Gasteiger partial charge is 0.0304 e. The van der Waals surface area contributed by atoms with E-state index in [1.54, 1.807) is 0 Å². The summed E-state index contributed by atoms with van der Waals surface area (Å²) in [5.74, 6) is 0. The van der Waals surface area contributed by atoms with Crippen molar-refractivity contribution in [2.24, 2.45) is 5.73 Å². The number of nitrogens with two attached hydrogens (primary N) is 1. The highest BCUT2D eigenvalue weighted by molar-refractivity contribution is 4.94. The summed E-state index contributed by atoms with van der Waals surface area (Å²) in [7, 11) is 0. The molecule has 1 aliphatic rings. The Morgan fingerprint density at radius 2 is 2.25 bits per heavy atom. The summed E-state index contributed by atoms with van der Waals surface area (Å²) in [6.07, 6.45) is 0. The van der Waals surface area contributed by atoms with Gasteiger partial charge >= 0.3 is 0 Å². The molecule has 0 radical (unpaired) electrons. The topological polar surface area (TPSA) is 41.3 Å². The van der Waals surface area contributed by atoms with Crippen molar-refractivity contribution in [2.45, 2.75) is 32.4 Å². The predicted molar refractivity (Wildman–Crippen MR) is 52.2 cm³/mol. The molecule has 1 atom stereocenters. The molecule has 3 heteroatoms. The fraction of sp³-hybridized carbons (Fsp3) is 1.00. The Labute approximate surface area is 75.3 Å². The monoisotopic (exact) mass is 171 g/mol. The van der Waals surface area contributed by atoms with E-state index >= 15 is 0 Å². The van der Waals surface area contributed by atoms with Crippen LogP contribution in [0.3, 0.4) is 0 Å². The lowest BCUT2D eigenvalue weighted by Gasteiger charge is -2.47. The summed E-state index contributed by atoms with van der Waals surface area (Å²) < 4.78 is 0. The number of nitrogens with one attached hydrogen (secondary N) is 1. The summed E-state index contributed by atoms with van der Waals surface area (Å²) in [5.41, 5.74) is 5.81. The first-order valence-electron chi connectivity index (χ1n) is 4.77. The highest BCUT2D eigenvalue weighted by Gasteiger charge is 2.34. The molecule has 0 saturated carbocycles. The maximum Gasteiger partial charge on any atom is 0.0304 e. The van der Waals surface area contributed by atoms with Crippen molar-refractivity contribution < 1.29 is 0 Å². The van der Waals surface area contributed by atoms with E-state index in [1.807, 2.05) is 0 Å². The first-order chi connectivity index (χ1) is 5.59. The predicted octanol–water partition coefficient (Wildman–Crippen LogP) is 0.0174. The molecule has 3 nitrogen and oxygen atoms in total. The number of hydrogen-bond donors (Lipinski definition) is 2. The van der Waals surface area contributed by atoms with Crippen LogP contribution >= 0.6 is 0 Å². The van der Waals surface area contributed by atoms with E-state index in [4.69, 9.17) is 5.73 Å². The van der Waals surface area contributed by atoms with Crippen molar-refractivity contribution in [3.05, 3.63) is 0 Å². The SMILES string of the molecule is CC1NCCN(CCN)C1(C)C. The van der Waals surface area contributed by atoms with Crippen LogP contribution in [0.2, 0.25) is 0 Å². The van der Waals surface area contributed by atoms with Gasteiger partial charge in [-0.05, 0) is 20.8 Å². The van der Waals surface area contributed by atoms with Gasteiger partial charge in [0.15, 0.2) is 0 Å². The fourth-order valence-corrected chi connectivity index (χ4v) is 1.78. The number of hydrogen-bond acceptors (Lipinski definition) is 3. The lowest BCUT2D eigenvalue weighted by molar-refractivity contribution is 0.0583. The molecule has 0 amide bonds. The van der Waals surface area contributed by atoms with Crippen molar-refractivity contribution in [1.82, 2.24) is 10.2 Å². The van der Waals surface area contributed by atoms with Crippen LogP contribution in [0.25, 0.3) is 0 Å². The van der Waals surface area contributed by atoms with Gasteiger partial charge in [0, 0.05) is 37.8 Å². The standard InChI is InChI=1S/C9H21N3/c1-8-9(2,3)12(6-4-10)7-5-11-8/h8,11H,4-7,10H2,1-3H3. The Hall–Kier alpha value is -0.120. The van der Waals surface area contributed by atoms with Gasteiger partial charge in [-0.2, -0.15) is 0 Å². The minimum atomic E-state index is 0.248. The number of rotatable bonds is 2. The van der Waals surface area contributed by atoms with Crippen LogP contribution in [-0.2, 0) is 0 Å². The zero-order chi connectivity index (χ0) is 9.19. The summed E-state index contributed by atoms with van der Waals surface area (Å²) in [5, 5.41) is 3.48. The van der Waals surface area contributed by atoms with Gasteiger partial charge in [0.05, 0.1) is 0 Å². The third-order valence-corrected chi connectivity index (χ3v) is 3.11. The Bertz CT molecular complexity index is 143. The molecule has 0 bridgehead atoms. The minimum Gasteiger partial charge on any atom is -0.329 e. The van der Waals surface area contributed by atoms with Gasteiger partial charge in [0.25, 0.3) is 0 Å². The largest absolute Gasteiger partial charge is 0.329 e. The Morgan fingerprint density at radius 3 is 2.83 bits per heavy atom. The van der Waals surface area contributed by atoms with E-state index < -0.39 is 0 Å². The van der Waals surface area contributed by atoms with E-state index in [2.05, 4.69) is 31.0 Å². The van der Waals surface area contributed by atoms with E-state index in [0.717, 1.165) is 26.2 Å². The maximum absolute atomic E-state index is 5.56. The normalized spacial score (nSPS) is 30.5. The first-order valence-corrected chi connectivity index (χ1v) is 4.77. The molecule has 1 heterocycles. The minimum absolute atomic E-state index is 0.248. The van der Waals surface area contributed by atoms with Gasteiger partial charge in [-0.15, -0.1) is 0 Å². The Morgan fingerprint density at radius 1 is 1.58 bits per heavy atom. The third kappa shape index (κ3) is 1.79. The number of nitrogens with zero attached hydrogens (tertiary/aromatic N) is 1. The van der Waals surface area contributed by atoms with Crippen molar-refractivity contribution in [3.63, 3.8) is 0 Å². The van der Waals surface area contributed by atoms with E-state index in [-0.39, 0.29) is 5.54 Å². The van der Waals surface area contributed by atoms with Crippen molar-refractivity contribution in [3.8, 4) is 0 Å². The molecule has 0 aromatic carbocycles. The highest BCUT2D eigenvalue weighted by atomic mass is 15.3. The lowest BCUT2D eigenvalue weighted by atomic mass is 9.91. The third-order valence-electron chi connectivity index (χ3n) is 3.11. The van der Waals surface area contributed by atoms with Gasteiger partial charge in [-0.25, -0.2) is 0 Å². The second-order valence-electron chi connectivity index (χ2n) is 4.11. The zero-order valence-electron chi connectivity index (χ0n) is 8.43. The molecule has 1 unspecified atom stereocenters. The van der Waals surface area contributed by atoms with Crippen LogP contribution in [0.1, 0.15) is 20.8 Å². The van der Waals surface area contributed by atoms with Gasteiger partial charge in [0.1, 0.15) is 0 Å². The molecular formula is C9H21N3. The van der Waals surface area contributed by atoms with E-state index in [1.165, 1.54) is 0 Å². The summed E-state index contributed by atoms with van der Waals surface area (Å²) in [4.78, 5) is 2.47. The second kappa shape index (κ2) is 3.73. The van der Waals surface area contributed by atoms with Crippen molar-refractivity contribution >= 4 is 0 Å². The van der Waals surface area contributed by atoms with Gasteiger partial charge in [-0.3, -0.25) is 4.90 Å². The molecule has 1 aliphatic heterocycles. The molecule has 1 fully saturated rings. The van der Waals surface area contributed by atoms with Crippen LogP contribution in [-0.4, -0.2) is 42.7 Å². The van der Waals surface area contributed by atoms with Crippen LogP contribution in [0.15, 0.2) is 0 Å². The first kappa shape index (κ1) is 9.96. The van der Waals surface area contributed by atoms with Crippen LogP contribution in [0.5, 0.6) is 0 Å². The zero-order valence-corrected chi connectivity index (χ0v) is 8.43. The quantitative estimate of drug-likeness (QED) is 0.615. The molecular weight excluding hydrogens is 150 g/mol. The molecule has 3 N–H and O–H groups in total. The molecule has 0 aromatic heterocycles. The molecule has 12 heavy (non-hydrogen) atoms. The molecule has 1 saturated heterocycles.